The van der Waals surface area contributed by atoms with E-state index in [9.17, 15) is 4.79 Å². The third kappa shape index (κ3) is 3.30. The van der Waals surface area contributed by atoms with E-state index in [-0.39, 0.29) is 11.3 Å². The van der Waals surface area contributed by atoms with Gasteiger partial charge in [0.05, 0.1) is 12.6 Å². The summed E-state index contributed by atoms with van der Waals surface area (Å²) in [6.07, 6.45) is 3.58. The van der Waals surface area contributed by atoms with Gasteiger partial charge < -0.3 is 15.2 Å². The molecule has 5 heteroatoms. The standard InChI is InChI=1S/C12H22N4O/c1-12(2,3)10(13)11(17)16(5)8-9-14-6-7-15(9)4/h6-7,10H,8,13H2,1-5H3/t10-/m0/s1. The number of carbonyl (C=O) groups is 1. The van der Waals surface area contributed by atoms with Crippen LogP contribution in [0.25, 0.3) is 0 Å². The minimum Gasteiger partial charge on any atom is -0.337 e. The number of carbonyl (C=O) groups excluding carboxylic acids is 1. The summed E-state index contributed by atoms with van der Waals surface area (Å²) in [7, 11) is 3.66. The van der Waals surface area contributed by atoms with Crippen LogP contribution in [-0.4, -0.2) is 33.4 Å². The van der Waals surface area contributed by atoms with Crippen LogP contribution in [0, 0.1) is 5.41 Å². The number of imidazole rings is 1. The summed E-state index contributed by atoms with van der Waals surface area (Å²) in [5.41, 5.74) is 5.71. The van der Waals surface area contributed by atoms with Crippen LogP contribution in [0.5, 0.6) is 0 Å². The quantitative estimate of drug-likeness (QED) is 0.845. The summed E-state index contributed by atoms with van der Waals surface area (Å²) in [4.78, 5) is 17.9. The normalized spacial score (nSPS) is 13.5. The lowest BCUT2D eigenvalue weighted by Gasteiger charge is -2.29. The Labute approximate surface area is 103 Å². The summed E-state index contributed by atoms with van der Waals surface area (Å²) >= 11 is 0. The molecule has 0 aromatic carbocycles. The molecule has 0 aliphatic heterocycles. The fraction of sp³-hybridized carbons (Fsp3) is 0.667. The molecule has 0 bridgehead atoms. The second kappa shape index (κ2) is 4.87. The van der Waals surface area contributed by atoms with Gasteiger partial charge in [-0.25, -0.2) is 4.98 Å². The van der Waals surface area contributed by atoms with Crippen molar-refractivity contribution in [3.8, 4) is 0 Å². The first kappa shape index (κ1) is 13.7. The van der Waals surface area contributed by atoms with E-state index in [1.807, 2.05) is 38.6 Å². The molecule has 1 atom stereocenters. The molecule has 0 saturated carbocycles. The van der Waals surface area contributed by atoms with Crippen molar-refractivity contribution < 1.29 is 4.79 Å². The molecule has 0 unspecified atom stereocenters. The Balaban J connectivity index is 2.68. The number of likely N-dealkylation sites (N-methyl/N-ethyl adjacent to an activating group) is 1. The van der Waals surface area contributed by atoms with Gasteiger partial charge in [-0.05, 0) is 5.41 Å². The molecule has 1 aromatic heterocycles. The Bertz CT molecular complexity index is 391. The molecule has 1 aromatic rings. The zero-order valence-electron chi connectivity index (χ0n) is 11.3. The van der Waals surface area contributed by atoms with E-state index < -0.39 is 6.04 Å². The number of nitrogens with two attached hydrogens (primary N) is 1. The summed E-state index contributed by atoms with van der Waals surface area (Å²) in [5.74, 6) is 0.794. The van der Waals surface area contributed by atoms with Crippen LogP contribution < -0.4 is 5.73 Å². The van der Waals surface area contributed by atoms with Crippen LogP contribution in [0.1, 0.15) is 26.6 Å². The highest BCUT2D eigenvalue weighted by Crippen LogP contribution is 2.19. The van der Waals surface area contributed by atoms with Crippen molar-refractivity contribution in [1.29, 1.82) is 0 Å². The van der Waals surface area contributed by atoms with Gasteiger partial charge in [0.15, 0.2) is 0 Å². The lowest BCUT2D eigenvalue weighted by atomic mass is 9.86. The maximum absolute atomic E-state index is 12.1. The molecule has 0 spiro atoms. The van der Waals surface area contributed by atoms with Gasteiger partial charge in [0.25, 0.3) is 0 Å². The first-order valence-corrected chi connectivity index (χ1v) is 5.70. The zero-order valence-corrected chi connectivity index (χ0v) is 11.3. The predicted molar refractivity (Wildman–Crippen MR) is 67.1 cm³/mol. The minimum atomic E-state index is -0.493. The Morgan fingerprint density at radius 1 is 1.59 bits per heavy atom. The topological polar surface area (TPSA) is 64.2 Å². The van der Waals surface area contributed by atoms with Crippen molar-refractivity contribution in [2.45, 2.75) is 33.4 Å². The highest BCUT2D eigenvalue weighted by molar-refractivity contribution is 5.82. The second-order valence-corrected chi connectivity index (χ2v) is 5.49. The number of aryl methyl sites for hydroxylation is 1. The maximum Gasteiger partial charge on any atom is 0.240 e. The number of aromatic nitrogens is 2. The van der Waals surface area contributed by atoms with Crippen molar-refractivity contribution in [1.82, 2.24) is 14.5 Å². The van der Waals surface area contributed by atoms with Gasteiger partial charge in [0.2, 0.25) is 5.91 Å². The lowest BCUT2D eigenvalue weighted by molar-refractivity contribution is -0.134. The van der Waals surface area contributed by atoms with Crippen molar-refractivity contribution in [2.75, 3.05) is 7.05 Å². The van der Waals surface area contributed by atoms with E-state index in [1.165, 1.54) is 0 Å². The number of hydrogen-bond donors (Lipinski definition) is 1. The Morgan fingerprint density at radius 3 is 2.59 bits per heavy atom. The van der Waals surface area contributed by atoms with Crippen molar-refractivity contribution >= 4 is 5.91 Å². The third-order valence-corrected chi connectivity index (χ3v) is 2.87. The molecule has 0 fully saturated rings. The summed E-state index contributed by atoms with van der Waals surface area (Å²) < 4.78 is 1.90. The van der Waals surface area contributed by atoms with E-state index >= 15 is 0 Å². The van der Waals surface area contributed by atoms with Gasteiger partial charge in [-0.15, -0.1) is 0 Å². The zero-order chi connectivity index (χ0) is 13.2. The summed E-state index contributed by atoms with van der Waals surface area (Å²) in [6, 6.07) is -0.493. The minimum absolute atomic E-state index is 0.0551. The van der Waals surface area contributed by atoms with Gasteiger partial charge in [0.1, 0.15) is 5.82 Å². The molecule has 0 aliphatic rings. The van der Waals surface area contributed by atoms with Crippen LogP contribution in [0.15, 0.2) is 12.4 Å². The Morgan fingerprint density at radius 2 is 2.18 bits per heavy atom. The molecule has 0 saturated heterocycles. The van der Waals surface area contributed by atoms with E-state index in [1.54, 1.807) is 18.1 Å². The van der Waals surface area contributed by atoms with Crippen molar-refractivity contribution in [3.63, 3.8) is 0 Å². The van der Waals surface area contributed by atoms with Crippen LogP contribution in [0.4, 0.5) is 0 Å². The van der Waals surface area contributed by atoms with Crippen molar-refractivity contribution in [2.24, 2.45) is 18.2 Å². The number of nitrogens with zero attached hydrogens (tertiary/aromatic N) is 3. The van der Waals surface area contributed by atoms with Gasteiger partial charge in [-0.2, -0.15) is 0 Å². The average molecular weight is 238 g/mol. The van der Waals surface area contributed by atoms with Gasteiger partial charge in [-0.1, -0.05) is 20.8 Å². The Kier molecular flexibility index (Phi) is 3.93. The van der Waals surface area contributed by atoms with Crippen molar-refractivity contribution in [3.05, 3.63) is 18.2 Å². The molecule has 17 heavy (non-hydrogen) atoms. The van der Waals surface area contributed by atoms with Crippen LogP contribution >= 0.6 is 0 Å². The third-order valence-electron chi connectivity index (χ3n) is 2.87. The fourth-order valence-electron chi connectivity index (χ4n) is 1.45. The average Bonchev–Trinajstić information content (AvgIpc) is 2.61. The Hall–Kier alpha value is -1.36. The van der Waals surface area contributed by atoms with Gasteiger partial charge in [-0.3, -0.25) is 4.79 Å². The molecule has 2 N–H and O–H groups in total. The molecular weight excluding hydrogens is 216 g/mol. The van der Waals surface area contributed by atoms with Crippen LogP contribution in [-0.2, 0) is 18.4 Å². The molecular formula is C12H22N4O. The molecule has 1 heterocycles. The molecule has 0 radical (unpaired) electrons. The van der Waals surface area contributed by atoms with E-state index in [2.05, 4.69) is 4.98 Å². The molecule has 5 nitrogen and oxygen atoms in total. The van der Waals surface area contributed by atoms with Gasteiger partial charge >= 0.3 is 0 Å². The fourth-order valence-corrected chi connectivity index (χ4v) is 1.45. The predicted octanol–water partition coefficient (Wildman–Crippen LogP) is 0.752. The maximum atomic E-state index is 12.1. The first-order valence-electron chi connectivity index (χ1n) is 5.70. The highest BCUT2D eigenvalue weighted by atomic mass is 16.2. The number of rotatable bonds is 3. The smallest absolute Gasteiger partial charge is 0.240 e. The highest BCUT2D eigenvalue weighted by Gasteiger charge is 2.29. The van der Waals surface area contributed by atoms with E-state index in [4.69, 9.17) is 5.73 Å². The summed E-state index contributed by atoms with van der Waals surface area (Å²) in [5, 5.41) is 0. The second-order valence-electron chi connectivity index (χ2n) is 5.49. The summed E-state index contributed by atoms with van der Waals surface area (Å²) in [6.45, 7) is 6.37. The van der Waals surface area contributed by atoms with Crippen LogP contribution in [0.2, 0.25) is 0 Å². The molecule has 96 valence electrons. The monoisotopic (exact) mass is 238 g/mol. The van der Waals surface area contributed by atoms with Crippen LogP contribution in [0.3, 0.4) is 0 Å². The molecule has 0 aliphatic carbocycles. The molecule has 1 amide bonds. The van der Waals surface area contributed by atoms with E-state index in [0.29, 0.717) is 6.54 Å². The first-order chi connectivity index (χ1) is 7.73. The molecule has 1 rings (SSSR count). The number of amides is 1. The van der Waals surface area contributed by atoms with Gasteiger partial charge in [0, 0.05) is 26.5 Å². The SMILES string of the molecule is CN(Cc1nccn1C)C(=O)[C@H](N)C(C)(C)C. The lowest BCUT2D eigenvalue weighted by Crippen LogP contribution is -2.49. The largest absolute Gasteiger partial charge is 0.337 e. The number of hydrogen-bond acceptors (Lipinski definition) is 3. The van der Waals surface area contributed by atoms with E-state index in [0.717, 1.165) is 5.82 Å².